The van der Waals surface area contributed by atoms with Gasteiger partial charge in [0.1, 0.15) is 13.2 Å². The van der Waals surface area contributed by atoms with E-state index >= 15 is 0 Å². The van der Waals surface area contributed by atoms with E-state index < -0.39 is 6.10 Å². The van der Waals surface area contributed by atoms with Crippen molar-refractivity contribution in [2.24, 2.45) is 0 Å². The first-order valence-corrected chi connectivity index (χ1v) is 30.9. The first kappa shape index (κ1) is 68.8. The van der Waals surface area contributed by atoms with E-state index in [1.807, 2.05) is 0 Å². The predicted molar refractivity (Wildman–Crippen MR) is 311 cm³/mol. The highest BCUT2D eigenvalue weighted by atomic mass is 16.6. The van der Waals surface area contributed by atoms with Crippen LogP contribution >= 0.6 is 0 Å². The fourth-order valence-corrected chi connectivity index (χ4v) is 8.81. The molecule has 0 rings (SSSR count). The van der Waals surface area contributed by atoms with Crippen molar-refractivity contribution in [1.29, 1.82) is 0 Å². The Morgan fingerprint density at radius 1 is 0.292 bits per heavy atom. The minimum absolute atomic E-state index is 0.0944. The number of unbranched alkanes of at least 4 members (excludes halogenated alkanes) is 33. The molecular formula is C66H116O6. The van der Waals surface area contributed by atoms with Gasteiger partial charge in [0.2, 0.25) is 0 Å². The summed E-state index contributed by atoms with van der Waals surface area (Å²) in [5.41, 5.74) is 0. The van der Waals surface area contributed by atoms with Gasteiger partial charge in [-0.25, -0.2) is 0 Å². The molecule has 0 saturated carbocycles. The molecule has 0 bridgehead atoms. The standard InChI is InChI=1S/C66H116O6/c1-4-7-10-13-16-19-22-25-28-29-30-31-32-33-34-35-36-37-39-41-44-47-50-53-56-59-65(68)71-62-63(61-70-64(67)58-55-52-49-46-43-40-27-24-21-18-15-12-9-6-3)72-66(69)60-57-54-51-48-45-42-38-26-23-20-17-14-11-8-5-2/h8,11,15,17-18,20,24,26-27,38,45,48,63H,4-7,9-10,12-14,16,19,21-23,25,28-37,39-44,46-47,49-62H2,1-3H3/b11-8-,18-15-,20-17-,27-24-,38-26-,48-45-. The molecule has 0 aromatic carbocycles. The van der Waals surface area contributed by atoms with Crippen molar-refractivity contribution < 1.29 is 28.6 Å². The molecule has 0 saturated heterocycles. The van der Waals surface area contributed by atoms with E-state index in [2.05, 4.69) is 93.7 Å². The molecule has 0 aromatic heterocycles. The van der Waals surface area contributed by atoms with Gasteiger partial charge in [-0.15, -0.1) is 0 Å². The average Bonchev–Trinajstić information content (AvgIpc) is 3.38. The molecule has 416 valence electrons. The highest BCUT2D eigenvalue weighted by Crippen LogP contribution is 2.17. The van der Waals surface area contributed by atoms with Crippen LogP contribution in [-0.4, -0.2) is 37.2 Å². The maximum absolute atomic E-state index is 12.8. The number of esters is 3. The fourth-order valence-electron chi connectivity index (χ4n) is 8.81. The molecule has 6 nitrogen and oxygen atoms in total. The van der Waals surface area contributed by atoms with Crippen LogP contribution in [0.2, 0.25) is 0 Å². The van der Waals surface area contributed by atoms with Crippen molar-refractivity contribution in [3.05, 3.63) is 72.9 Å². The van der Waals surface area contributed by atoms with Crippen molar-refractivity contribution in [2.45, 2.75) is 316 Å². The molecule has 0 aromatic rings. The highest BCUT2D eigenvalue weighted by Gasteiger charge is 2.19. The van der Waals surface area contributed by atoms with E-state index in [4.69, 9.17) is 14.2 Å². The molecule has 0 amide bonds. The maximum atomic E-state index is 12.8. The Morgan fingerprint density at radius 3 is 0.917 bits per heavy atom. The number of carbonyl (C=O) groups is 3. The Hall–Kier alpha value is -3.15. The zero-order valence-electron chi connectivity index (χ0n) is 47.7. The lowest BCUT2D eigenvalue weighted by atomic mass is 10.0. The van der Waals surface area contributed by atoms with E-state index in [1.165, 1.54) is 161 Å². The minimum Gasteiger partial charge on any atom is -0.462 e. The summed E-state index contributed by atoms with van der Waals surface area (Å²) in [6, 6.07) is 0. The monoisotopic (exact) mass is 1000 g/mol. The molecule has 0 radical (unpaired) electrons. The second-order valence-electron chi connectivity index (χ2n) is 20.6. The number of carbonyl (C=O) groups excluding carboxylic acids is 3. The van der Waals surface area contributed by atoms with Crippen LogP contribution in [0.1, 0.15) is 310 Å². The first-order chi connectivity index (χ1) is 35.5. The number of hydrogen-bond donors (Lipinski definition) is 0. The lowest BCUT2D eigenvalue weighted by Gasteiger charge is -2.18. The summed E-state index contributed by atoms with van der Waals surface area (Å²) in [6.45, 7) is 6.47. The molecule has 0 aliphatic heterocycles. The third kappa shape index (κ3) is 57.7. The van der Waals surface area contributed by atoms with E-state index in [-0.39, 0.29) is 37.5 Å². The van der Waals surface area contributed by atoms with Gasteiger partial charge in [-0.3, -0.25) is 14.4 Å². The van der Waals surface area contributed by atoms with E-state index in [9.17, 15) is 14.4 Å². The minimum atomic E-state index is -0.802. The van der Waals surface area contributed by atoms with E-state index in [0.29, 0.717) is 19.3 Å². The predicted octanol–water partition coefficient (Wildman–Crippen LogP) is 20.9. The Kier molecular flexibility index (Phi) is 57.8. The quantitative estimate of drug-likeness (QED) is 0.0261. The Bertz CT molecular complexity index is 1340. The molecule has 0 aliphatic carbocycles. The van der Waals surface area contributed by atoms with E-state index in [0.717, 1.165) is 103 Å². The average molecular weight is 1010 g/mol. The summed E-state index contributed by atoms with van der Waals surface area (Å²) in [6.07, 6.45) is 77.8. The van der Waals surface area contributed by atoms with Gasteiger partial charge >= 0.3 is 17.9 Å². The third-order valence-corrected chi connectivity index (χ3v) is 13.4. The van der Waals surface area contributed by atoms with Crippen LogP contribution in [0.5, 0.6) is 0 Å². The van der Waals surface area contributed by atoms with Crippen molar-refractivity contribution in [3.63, 3.8) is 0 Å². The highest BCUT2D eigenvalue weighted by molar-refractivity contribution is 5.71. The van der Waals surface area contributed by atoms with Gasteiger partial charge in [-0.1, -0.05) is 280 Å². The maximum Gasteiger partial charge on any atom is 0.306 e. The normalized spacial score (nSPS) is 12.5. The van der Waals surface area contributed by atoms with Gasteiger partial charge in [0.25, 0.3) is 0 Å². The molecule has 6 heteroatoms. The van der Waals surface area contributed by atoms with Gasteiger partial charge in [0, 0.05) is 19.3 Å². The van der Waals surface area contributed by atoms with Gasteiger partial charge < -0.3 is 14.2 Å². The summed E-state index contributed by atoms with van der Waals surface area (Å²) in [7, 11) is 0. The third-order valence-electron chi connectivity index (χ3n) is 13.4. The largest absolute Gasteiger partial charge is 0.462 e. The second-order valence-corrected chi connectivity index (χ2v) is 20.6. The molecule has 0 heterocycles. The Morgan fingerprint density at radius 2 is 0.556 bits per heavy atom. The number of hydrogen-bond acceptors (Lipinski definition) is 6. The SMILES string of the molecule is CC/C=C\C/C=C\C/C=C\C/C=C\CCCCC(=O)OC(COC(=O)CCCCCCC/C=C\C/C=C\CCCC)COC(=O)CCCCCCCCCCCCCCCCCCCCCCCCCCC. The fraction of sp³-hybridized carbons (Fsp3) is 0.773. The van der Waals surface area contributed by atoms with Gasteiger partial charge in [-0.05, 0) is 83.5 Å². The summed E-state index contributed by atoms with van der Waals surface area (Å²) in [5.74, 6) is -0.939. The Balaban J connectivity index is 4.29. The van der Waals surface area contributed by atoms with Crippen LogP contribution in [-0.2, 0) is 28.6 Å². The molecule has 0 fully saturated rings. The van der Waals surface area contributed by atoms with Crippen molar-refractivity contribution in [1.82, 2.24) is 0 Å². The summed E-state index contributed by atoms with van der Waals surface area (Å²) >= 11 is 0. The van der Waals surface area contributed by atoms with Crippen LogP contribution in [0.15, 0.2) is 72.9 Å². The van der Waals surface area contributed by atoms with Crippen LogP contribution in [0.4, 0.5) is 0 Å². The van der Waals surface area contributed by atoms with Crippen LogP contribution in [0.25, 0.3) is 0 Å². The second kappa shape index (κ2) is 60.4. The number of ether oxygens (including phenoxy) is 3. The molecule has 0 aliphatic rings. The number of rotatable bonds is 56. The van der Waals surface area contributed by atoms with Crippen molar-refractivity contribution in [3.8, 4) is 0 Å². The van der Waals surface area contributed by atoms with E-state index in [1.54, 1.807) is 0 Å². The summed E-state index contributed by atoms with van der Waals surface area (Å²) in [5, 5.41) is 0. The Labute approximate surface area is 446 Å². The zero-order chi connectivity index (χ0) is 52.2. The van der Waals surface area contributed by atoms with Gasteiger partial charge in [0.05, 0.1) is 0 Å². The lowest BCUT2D eigenvalue weighted by molar-refractivity contribution is -0.167. The molecule has 0 spiro atoms. The topological polar surface area (TPSA) is 78.9 Å². The molecule has 1 unspecified atom stereocenters. The summed E-state index contributed by atoms with van der Waals surface area (Å²) in [4.78, 5) is 38.2. The first-order valence-electron chi connectivity index (χ1n) is 30.9. The molecule has 72 heavy (non-hydrogen) atoms. The lowest BCUT2D eigenvalue weighted by Crippen LogP contribution is -2.30. The summed E-state index contributed by atoms with van der Waals surface area (Å²) < 4.78 is 16.8. The van der Waals surface area contributed by atoms with Crippen molar-refractivity contribution >= 4 is 17.9 Å². The number of allylic oxidation sites excluding steroid dienone is 12. The van der Waals surface area contributed by atoms with Gasteiger partial charge in [0.15, 0.2) is 6.10 Å². The zero-order valence-corrected chi connectivity index (χ0v) is 47.7. The molecular weight excluding hydrogens is 889 g/mol. The molecule has 0 N–H and O–H groups in total. The van der Waals surface area contributed by atoms with Crippen molar-refractivity contribution in [2.75, 3.05) is 13.2 Å². The van der Waals surface area contributed by atoms with Crippen LogP contribution < -0.4 is 0 Å². The van der Waals surface area contributed by atoms with Gasteiger partial charge in [-0.2, -0.15) is 0 Å². The molecule has 1 atom stereocenters. The van der Waals surface area contributed by atoms with Crippen LogP contribution in [0.3, 0.4) is 0 Å². The smallest absolute Gasteiger partial charge is 0.306 e. The van der Waals surface area contributed by atoms with Crippen LogP contribution in [0, 0.1) is 0 Å².